The van der Waals surface area contributed by atoms with E-state index in [1.807, 2.05) is 7.11 Å². The zero-order chi connectivity index (χ0) is 13.6. The van der Waals surface area contributed by atoms with Crippen molar-refractivity contribution in [1.29, 1.82) is 0 Å². The first-order valence-electron chi connectivity index (χ1n) is 7.36. The van der Waals surface area contributed by atoms with Crippen LogP contribution in [0.3, 0.4) is 0 Å². The number of methoxy groups -OCH3 is 1. The zero-order valence-corrected chi connectivity index (χ0v) is 13.7. The number of nitrogens with one attached hydrogen (secondary N) is 1. The Morgan fingerprint density at radius 1 is 1.44 bits per heavy atom. The van der Waals surface area contributed by atoms with Crippen LogP contribution < -0.4 is 5.32 Å². The SMILES string of the molecule is CCCNC(CCC(C)(C)OC)C1(C)CCCS1. The van der Waals surface area contributed by atoms with Crippen molar-refractivity contribution in [1.82, 2.24) is 5.32 Å². The van der Waals surface area contributed by atoms with E-state index in [-0.39, 0.29) is 5.60 Å². The summed E-state index contributed by atoms with van der Waals surface area (Å²) in [4.78, 5) is 0. The Bertz CT molecular complexity index is 237. The van der Waals surface area contributed by atoms with Crippen molar-refractivity contribution in [3.8, 4) is 0 Å². The Morgan fingerprint density at radius 2 is 2.17 bits per heavy atom. The maximum absolute atomic E-state index is 5.55. The fraction of sp³-hybridized carbons (Fsp3) is 1.00. The fourth-order valence-electron chi connectivity index (χ4n) is 2.61. The second-order valence-corrected chi connectivity index (χ2v) is 7.90. The van der Waals surface area contributed by atoms with Crippen LogP contribution in [-0.4, -0.2) is 35.8 Å². The average Bonchev–Trinajstić information content (AvgIpc) is 2.77. The van der Waals surface area contributed by atoms with Crippen LogP contribution in [0.25, 0.3) is 0 Å². The Hall–Kier alpha value is 0.270. The molecule has 1 heterocycles. The molecule has 0 spiro atoms. The van der Waals surface area contributed by atoms with Crippen molar-refractivity contribution in [3.63, 3.8) is 0 Å². The van der Waals surface area contributed by atoms with Crippen molar-refractivity contribution in [2.24, 2.45) is 0 Å². The Kier molecular flexibility index (Phi) is 6.49. The maximum Gasteiger partial charge on any atom is 0.0623 e. The minimum Gasteiger partial charge on any atom is -0.379 e. The Balaban J connectivity index is 2.55. The van der Waals surface area contributed by atoms with Crippen molar-refractivity contribution < 1.29 is 4.74 Å². The minimum absolute atomic E-state index is 0.00573. The van der Waals surface area contributed by atoms with Gasteiger partial charge in [-0.15, -0.1) is 0 Å². The lowest BCUT2D eigenvalue weighted by Crippen LogP contribution is -2.46. The lowest BCUT2D eigenvalue weighted by molar-refractivity contribution is 0.0109. The summed E-state index contributed by atoms with van der Waals surface area (Å²) in [6.07, 6.45) is 6.28. The summed E-state index contributed by atoms with van der Waals surface area (Å²) < 4.78 is 5.98. The third kappa shape index (κ3) is 4.75. The van der Waals surface area contributed by atoms with Crippen molar-refractivity contribution >= 4 is 11.8 Å². The molecule has 1 N–H and O–H groups in total. The highest BCUT2D eigenvalue weighted by Gasteiger charge is 2.37. The molecular weight excluding hydrogens is 242 g/mol. The van der Waals surface area contributed by atoms with Gasteiger partial charge in [0.05, 0.1) is 5.60 Å². The third-order valence-electron chi connectivity index (χ3n) is 4.21. The van der Waals surface area contributed by atoms with Gasteiger partial charge in [0.2, 0.25) is 0 Å². The van der Waals surface area contributed by atoms with Gasteiger partial charge < -0.3 is 10.1 Å². The molecule has 1 aliphatic rings. The average molecular weight is 273 g/mol. The molecule has 0 saturated carbocycles. The molecule has 0 bridgehead atoms. The molecule has 1 fully saturated rings. The molecule has 2 nitrogen and oxygen atoms in total. The predicted octanol–water partition coefficient (Wildman–Crippen LogP) is 3.85. The topological polar surface area (TPSA) is 21.3 Å². The molecule has 108 valence electrons. The first kappa shape index (κ1) is 16.3. The Labute approximate surface area is 118 Å². The molecule has 0 aromatic carbocycles. The molecule has 1 aliphatic heterocycles. The van der Waals surface area contributed by atoms with Crippen molar-refractivity contribution in [2.45, 2.75) is 76.2 Å². The summed E-state index contributed by atoms with van der Waals surface area (Å²) in [5.74, 6) is 1.33. The highest BCUT2D eigenvalue weighted by molar-refractivity contribution is 8.00. The van der Waals surface area contributed by atoms with Gasteiger partial charge in [-0.2, -0.15) is 11.8 Å². The van der Waals surface area contributed by atoms with E-state index in [1.165, 1.54) is 31.4 Å². The minimum atomic E-state index is 0.00573. The molecule has 0 aromatic heterocycles. The van der Waals surface area contributed by atoms with Crippen LogP contribution in [0.5, 0.6) is 0 Å². The quantitative estimate of drug-likeness (QED) is 0.726. The number of hydrogen-bond acceptors (Lipinski definition) is 3. The predicted molar refractivity (Wildman–Crippen MR) is 82.5 cm³/mol. The second kappa shape index (κ2) is 7.16. The summed E-state index contributed by atoms with van der Waals surface area (Å²) in [5.41, 5.74) is 0.00573. The number of ether oxygens (including phenoxy) is 1. The molecule has 0 aliphatic carbocycles. The van der Waals surface area contributed by atoms with Crippen LogP contribution in [-0.2, 0) is 4.74 Å². The van der Waals surface area contributed by atoms with E-state index in [1.54, 1.807) is 0 Å². The number of hydrogen-bond donors (Lipinski definition) is 1. The van der Waals surface area contributed by atoms with E-state index in [2.05, 4.69) is 44.8 Å². The summed E-state index contributed by atoms with van der Waals surface area (Å²) >= 11 is 2.16. The monoisotopic (exact) mass is 273 g/mol. The standard InChI is InChI=1S/C15H31NOS/c1-6-11-16-13(8-10-14(2,3)17-5)15(4)9-7-12-18-15/h13,16H,6-12H2,1-5H3. The van der Waals surface area contributed by atoms with E-state index in [4.69, 9.17) is 4.74 Å². The van der Waals surface area contributed by atoms with Crippen LogP contribution in [0.4, 0.5) is 0 Å². The van der Waals surface area contributed by atoms with E-state index in [9.17, 15) is 0 Å². The van der Waals surface area contributed by atoms with Crippen LogP contribution >= 0.6 is 11.8 Å². The summed E-state index contributed by atoms with van der Waals surface area (Å²) in [6, 6.07) is 0.624. The first-order chi connectivity index (χ1) is 8.43. The molecule has 1 rings (SSSR count). The number of thioether (sulfide) groups is 1. The van der Waals surface area contributed by atoms with Gasteiger partial charge >= 0.3 is 0 Å². The van der Waals surface area contributed by atoms with Gasteiger partial charge in [-0.05, 0) is 65.2 Å². The molecule has 1 saturated heterocycles. The first-order valence-corrected chi connectivity index (χ1v) is 8.34. The smallest absolute Gasteiger partial charge is 0.0623 e. The van der Waals surface area contributed by atoms with Gasteiger partial charge in [-0.3, -0.25) is 0 Å². The van der Waals surface area contributed by atoms with Crippen LogP contribution in [0.15, 0.2) is 0 Å². The van der Waals surface area contributed by atoms with Crippen LogP contribution in [0, 0.1) is 0 Å². The molecule has 0 aromatic rings. The van der Waals surface area contributed by atoms with Gasteiger partial charge in [-0.1, -0.05) is 6.92 Å². The van der Waals surface area contributed by atoms with E-state index < -0.39 is 0 Å². The highest BCUT2D eigenvalue weighted by atomic mass is 32.2. The van der Waals surface area contributed by atoms with Crippen molar-refractivity contribution in [3.05, 3.63) is 0 Å². The molecule has 2 unspecified atom stereocenters. The van der Waals surface area contributed by atoms with E-state index in [0.29, 0.717) is 10.8 Å². The summed E-state index contributed by atoms with van der Waals surface area (Å²) in [6.45, 7) is 10.2. The van der Waals surface area contributed by atoms with Gasteiger partial charge in [0.25, 0.3) is 0 Å². The molecule has 0 radical (unpaired) electrons. The number of rotatable bonds is 8. The second-order valence-electron chi connectivity index (χ2n) is 6.27. The normalized spacial score (nSPS) is 26.5. The molecule has 2 atom stereocenters. The van der Waals surface area contributed by atoms with E-state index >= 15 is 0 Å². The summed E-state index contributed by atoms with van der Waals surface area (Å²) in [5, 5.41) is 3.77. The molecular formula is C15H31NOS. The zero-order valence-electron chi connectivity index (χ0n) is 12.8. The molecule has 0 amide bonds. The van der Waals surface area contributed by atoms with Gasteiger partial charge in [0.15, 0.2) is 0 Å². The van der Waals surface area contributed by atoms with Gasteiger partial charge in [-0.25, -0.2) is 0 Å². The molecule has 3 heteroatoms. The lowest BCUT2D eigenvalue weighted by Gasteiger charge is -2.36. The Morgan fingerprint density at radius 3 is 2.67 bits per heavy atom. The van der Waals surface area contributed by atoms with Crippen LogP contribution in [0.1, 0.15) is 59.8 Å². The molecule has 18 heavy (non-hydrogen) atoms. The highest BCUT2D eigenvalue weighted by Crippen LogP contribution is 2.42. The van der Waals surface area contributed by atoms with Gasteiger partial charge in [0, 0.05) is 17.9 Å². The largest absolute Gasteiger partial charge is 0.379 e. The maximum atomic E-state index is 5.55. The van der Waals surface area contributed by atoms with Crippen LogP contribution in [0.2, 0.25) is 0 Å². The summed E-state index contributed by atoms with van der Waals surface area (Å²) in [7, 11) is 1.82. The van der Waals surface area contributed by atoms with Gasteiger partial charge in [0.1, 0.15) is 0 Å². The third-order valence-corrected chi connectivity index (χ3v) is 5.86. The lowest BCUT2D eigenvalue weighted by atomic mass is 9.89. The fourth-order valence-corrected chi connectivity index (χ4v) is 4.06. The van der Waals surface area contributed by atoms with Crippen molar-refractivity contribution in [2.75, 3.05) is 19.4 Å². The van der Waals surface area contributed by atoms with E-state index in [0.717, 1.165) is 13.0 Å².